The zero-order valence-electron chi connectivity index (χ0n) is 15.5. The van der Waals surface area contributed by atoms with E-state index in [1.165, 1.54) is 11.3 Å². The third kappa shape index (κ3) is 3.48. The van der Waals surface area contributed by atoms with E-state index in [1.807, 2.05) is 22.9 Å². The number of hydrogen-bond donors (Lipinski definition) is 2. The van der Waals surface area contributed by atoms with Crippen molar-refractivity contribution in [1.82, 2.24) is 4.90 Å². The van der Waals surface area contributed by atoms with Gasteiger partial charge in [-0.05, 0) is 41.4 Å². The van der Waals surface area contributed by atoms with Crippen LogP contribution >= 0.6 is 11.3 Å². The number of hydrogen-bond acceptors (Lipinski definition) is 7. The molecule has 0 amide bonds. The first-order chi connectivity index (χ1) is 13.0. The lowest BCUT2D eigenvalue weighted by molar-refractivity contribution is 0.215. The fourth-order valence-electron chi connectivity index (χ4n) is 3.83. The number of rotatable bonds is 2. The molecule has 0 spiro atoms. The lowest BCUT2D eigenvalue weighted by Crippen LogP contribution is -2.47. The Labute approximate surface area is 164 Å². The number of likely N-dealkylation sites (N-methyl/N-ethyl adjacent to an activating group) is 1. The highest BCUT2D eigenvalue weighted by atomic mass is 32.1. The van der Waals surface area contributed by atoms with Gasteiger partial charge in [-0.1, -0.05) is 13.0 Å². The van der Waals surface area contributed by atoms with Gasteiger partial charge in [-0.15, -0.1) is 0 Å². The average molecular weight is 382 g/mol. The van der Waals surface area contributed by atoms with Crippen LogP contribution in [0.3, 0.4) is 0 Å². The van der Waals surface area contributed by atoms with Crippen LogP contribution in [-0.2, 0) is 0 Å². The first-order valence-corrected chi connectivity index (χ1v) is 9.77. The number of fused-ring (bicyclic) bond motifs is 1. The summed E-state index contributed by atoms with van der Waals surface area (Å²) in [5, 5.41) is 40.9. The van der Waals surface area contributed by atoms with Crippen LogP contribution in [0, 0.1) is 45.3 Å². The van der Waals surface area contributed by atoms with E-state index in [1.54, 1.807) is 6.92 Å². The molecule has 7 heteroatoms. The predicted molar refractivity (Wildman–Crippen MR) is 104 cm³/mol. The van der Waals surface area contributed by atoms with Crippen LogP contribution in [0.4, 0.5) is 0 Å². The largest absolute Gasteiger partial charge is 0.399 e. The molecule has 27 heavy (non-hydrogen) atoms. The van der Waals surface area contributed by atoms with Gasteiger partial charge in [0, 0.05) is 31.5 Å². The van der Waals surface area contributed by atoms with Crippen LogP contribution in [0.5, 0.6) is 0 Å². The topological polar surface area (TPSA) is 121 Å². The Kier molecular flexibility index (Phi) is 6.77. The van der Waals surface area contributed by atoms with Crippen molar-refractivity contribution in [3.63, 3.8) is 0 Å². The molecule has 2 aliphatic rings. The van der Waals surface area contributed by atoms with Gasteiger partial charge in [0.05, 0.1) is 23.4 Å². The molecule has 1 aliphatic carbocycles. The molecular formula is C20H23N5OS. The minimum atomic E-state index is -1.51. The molecule has 1 aromatic heterocycles. The Balaban J connectivity index is 0.000000817. The van der Waals surface area contributed by atoms with Crippen molar-refractivity contribution in [1.29, 1.82) is 15.8 Å². The molecule has 3 rings (SSSR count). The average Bonchev–Trinajstić information content (AvgIpc) is 3.21. The van der Waals surface area contributed by atoms with Crippen molar-refractivity contribution in [2.75, 3.05) is 26.2 Å². The molecule has 140 valence electrons. The van der Waals surface area contributed by atoms with Crippen LogP contribution in [-0.4, -0.2) is 36.2 Å². The second-order valence-electron chi connectivity index (χ2n) is 6.40. The van der Waals surface area contributed by atoms with Crippen LogP contribution in [0.25, 0.3) is 0 Å². The normalized spacial score (nSPS) is 23.6. The van der Waals surface area contributed by atoms with E-state index < -0.39 is 5.41 Å². The Hall–Kier alpha value is -2.63. The van der Waals surface area contributed by atoms with E-state index in [9.17, 15) is 15.8 Å². The zero-order valence-corrected chi connectivity index (χ0v) is 16.3. The summed E-state index contributed by atoms with van der Waals surface area (Å²) in [4.78, 5) is 2.25. The van der Waals surface area contributed by atoms with Crippen molar-refractivity contribution in [3.05, 3.63) is 45.3 Å². The van der Waals surface area contributed by atoms with E-state index >= 15 is 0 Å². The number of nitriles is 3. The molecular weight excluding hydrogens is 358 g/mol. The minimum absolute atomic E-state index is 0.0884. The number of allylic oxidation sites excluding steroid dienone is 2. The molecule has 0 bridgehead atoms. The van der Waals surface area contributed by atoms with E-state index in [2.05, 4.69) is 30.0 Å². The monoisotopic (exact) mass is 381 g/mol. The summed E-state index contributed by atoms with van der Waals surface area (Å²) in [6.45, 7) is 6.36. The molecule has 2 unspecified atom stereocenters. The summed E-state index contributed by atoms with van der Waals surface area (Å²) in [5.74, 6) is -0.453. The molecule has 0 radical (unpaired) electrons. The van der Waals surface area contributed by atoms with Gasteiger partial charge in [-0.25, -0.2) is 0 Å². The smallest absolute Gasteiger partial charge is 0.191 e. The lowest BCUT2D eigenvalue weighted by Gasteiger charge is -2.45. The first-order valence-electron chi connectivity index (χ1n) is 8.83. The lowest BCUT2D eigenvalue weighted by atomic mass is 9.58. The summed E-state index contributed by atoms with van der Waals surface area (Å²) < 4.78 is 0. The zero-order chi connectivity index (χ0) is 20.0. The van der Waals surface area contributed by atoms with E-state index in [4.69, 9.17) is 10.8 Å². The summed E-state index contributed by atoms with van der Waals surface area (Å²) >= 11 is 1.53. The highest BCUT2D eigenvalue weighted by Gasteiger charge is 2.54. The van der Waals surface area contributed by atoms with Gasteiger partial charge in [-0.2, -0.15) is 27.1 Å². The SMILES string of the molecule is CCN1CC=C2C(C#N)=C(N)C(C#N)(C#N)C(c3ccsc3)C2C1.CCO. The minimum Gasteiger partial charge on any atom is -0.399 e. The van der Waals surface area contributed by atoms with Gasteiger partial charge in [0.1, 0.15) is 6.07 Å². The molecule has 6 nitrogen and oxygen atoms in total. The molecule has 0 saturated carbocycles. The highest BCUT2D eigenvalue weighted by Crippen LogP contribution is 2.54. The number of aliphatic hydroxyl groups is 1. The van der Waals surface area contributed by atoms with Gasteiger partial charge in [0.25, 0.3) is 0 Å². The van der Waals surface area contributed by atoms with Crippen LogP contribution in [0.15, 0.2) is 39.7 Å². The maximum Gasteiger partial charge on any atom is 0.191 e. The van der Waals surface area contributed by atoms with Gasteiger partial charge < -0.3 is 10.8 Å². The number of nitrogens with two attached hydrogens (primary N) is 1. The Morgan fingerprint density at radius 2 is 2.00 bits per heavy atom. The molecule has 0 saturated heterocycles. The van der Waals surface area contributed by atoms with Crippen LogP contribution in [0.1, 0.15) is 25.3 Å². The molecule has 1 aliphatic heterocycles. The third-order valence-corrected chi connectivity index (χ3v) is 5.79. The molecule has 2 heterocycles. The van der Waals surface area contributed by atoms with Crippen LogP contribution in [0.2, 0.25) is 0 Å². The fraction of sp³-hybridized carbons (Fsp3) is 0.450. The standard InChI is InChI=1S/C18H17N5S.C2H6O/c1-2-23-5-3-13-14(7-19)17(22)18(10-20,11-21)16(15(13)8-23)12-4-6-24-9-12;1-2-3/h3-4,6,9,15-16H,2,5,8,22H2,1H3;3H,2H2,1H3. The van der Waals surface area contributed by atoms with Gasteiger partial charge >= 0.3 is 0 Å². The fourth-order valence-corrected chi connectivity index (χ4v) is 4.52. The number of aliphatic hydroxyl groups excluding tert-OH is 1. The maximum atomic E-state index is 9.88. The van der Waals surface area contributed by atoms with Crippen molar-refractivity contribution in [3.8, 4) is 18.2 Å². The molecule has 3 N–H and O–H groups in total. The second-order valence-corrected chi connectivity index (χ2v) is 7.18. The molecule has 2 atom stereocenters. The maximum absolute atomic E-state index is 9.88. The highest BCUT2D eigenvalue weighted by molar-refractivity contribution is 7.08. The van der Waals surface area contributed by atoms with Gasteiger partial charge in [-0.3, -0.25) is 4.90 Å². The molecule has 0 fully saturated rings. The Morgan fingerprint density at radius 1 is 1.33 bits per heavy atom. The molecule has 1 aromatic rings. The summed E-state index contributed by atoms with van der Waals surface area (Å²) in [6.07, 6.45) is 2.03. The summed E-state index contributed by atoms with van der Waals surface area (Å²) in [6, 6.07) is 8.39. The van der Waals surface area contributed by atoms with Crippen molar-refractivity contribution >= 4 is 11.3 Å². The third-order valence-electron chi connectivity index (χ3n) is 5.09. The van der Waals surface area contributed by atoms with Crippen molar-refractivity contribution in [2.24, 2.45) is 17.1 Å². The quantitative estimate of drug-likeness (QED) is 0.812. The van der Waals surface area contributed by atoms with Crippen LogP contribution < -0.4 is 5.73 Å². The van der Waals surface area contributed by atoms with E-state index in [-0.39, 0.29) is 24.1 Å². The van der Waals surface area contributed by atoms with E-state index in [0.29, 0.717) is 12.1 Å². The Morgan fingerprint density at radius 3 is 2.48 bits per heavy atom. The number of thiophene rings is 1. The number of nitrogens with zero attached hydrogens (tertiary/aromatic N) is 4. The summed E-state index contributed by atoms with van der Waals surface area (Å²) in [7, 11) is 0. The van der Waals surface area contributed by atoms with E-state index in [0.717, 1.165) is 24.2 Å². The Bertz CT molecular complexity index is 836. The molecule has 0 aromatic carbocycles. The van der Waals surface area contributed by atoms with Gasteiger partial charge in [0.15, 0.2) is 5.41 Å². The predicted octanol–water partition coefficient (Wildman–Crippen LogP) is 2.49. The second kappa shape index (κ2) is 8.84. The van der Waals surface area contributed by atoms with Gasteiger partial charge in [0.2, 0.25) is 0 Å². The van der Waals surface area contributed by atoms with Crippen molar-refractivity contribution in [2.45, 2.75) is 19.8 Å². The first kappa shape index (κ1) is 20.7. The summed E-state index contributed by atoms with van der Waals surface area (Å²) in [5.41, 5.74) is 6.95. The van der Waals surface area contributed by atoms with Crippen molar-refractivity contribution < 1.29 is 5.11 Å².